The predicted octanol–water partition coefficient (Wildman–Crippen LogP) is 14.0. The van der Waals surface area contributed by atoms with Crippen LogP contribution in [0.3, 0.4) is 0 Å². The van der Waals surface area contributed by atoms with Gasteiger partial charge in [-0.15, -0.1) is 0 Å². The van der Waals surface area contributed by atoms with Crippen LogP contribution in [0, 0.1) is 6.92 Å². The molecule has 0 amide bonds. The van der Waals surface area contributed by atoms with E-state index in [-0.39, 0.29) is 0 Å². The molecule has 0 N–H and O–H groups in total. The molecule has 1 nitrogen and oxygen atoms in total. The Bertz CT molecular complexity index is 2930. The maximum absolute atomic E-state index is 7.98. The molecule has 0 radical (unpaired) electrons. The fourth-order valence-electron chi connectivity index (χ4n) is 7.96. The van der Waals surface area contributed by atoms with Crippen molar-refractivity contribution in [2.24, 2.45) is 0 Å². The summed E-state index contributed by atoms with van der Waals surface area (Å²) in [5.74, 6) is 0. The molecule has 0 atom stereocenters. The van der Waals surface area contributed by atoms with Crippen LogP contribution in [-0.2, 0) is 0 Å². The van der Waals surface area contributed by atoms with E-state index in [0.29, 0.717) is 6.04 Å². The van der Waals surface area contributed by atoms with Gasteiger partial charge in [0.1, 0.15) is 11.2 Å². The molecule has 0 spiro atoms. The summed E-state index contributed by atoms with van der Waals surface area (Å²) in [5, 5.41) is 9.44. The molecule has 0 aliphatic heterocycles. The molecule has 0 aliphatic carbocycles. The van der Waals surface area contributed by atoms with Gasteiger partial charge in [-0.2, -0.15) is 0 Å². The average Bonchev–Trinajstić information content (AvgIpc) is 3.55. The number of fused-ring (bicyclic) bond motifs is 6. The van der Waals surface area contributed by atoms with Gasteiger partial charge in [-0.3, -0.25) is 0 Å². The van der Waals surface area contributed by atoms with E-state index in [1.54, 1.807) is 0 Å². The summed E-state index contributed by atoms with van der Waals surface area (Å²) in [6, 6.07) is 61.3. The minimum atomic E-state index is 0.535. The van der Waals surface area contributed by atoms with Gasteiger partial charge in [0.05, 0.1) is 1.37 Å². The minimum absolute atomic E-state index is 0.535. The zero-order chi connectivity index (χ0) is 34.1. The van der Waals surface area contributed by atoms with Crippen LogP contribution >= 0.6 is 0 Å². The third-order valence-electron chi connectivity index (χ3n) is 10.3. The number of benzene rings is 9. The van der Waals surface area contributed by atoms with Crippen LogP contribution in [0.25, 0.3) is 98.8 Å². The lowest BCUT2D eigenvalue weighted by Crippen LogP contribution is -1.93. The van der Waals surface area contributed by atoms with E-state index in [0.717, 1.165) is 32.7 Å². The SMILES string of the molecule is [2H]c1ccc2cc(-c3ccc(-c4c5ccccc5c(-c5ccccc5-c5cccc6oc7cc(C)ccc7c56)c5ccccc45)cc3)ccc2c1. The highest BCUT2D eigenvalue weighted by Crippen LogP contribution is 2.47. The van der Waals surface area contributed by atoms with Crippen molar-refractivity contribution in [2.45, 2.75) is 6.92 Å². The summed E-state index contributed by atoms with van der Waals surface area (Å²) in [7, 11) is 0. The van der Waals surface area contributed by atoms with Gasteiger partial charge in [0.25, 0.3) is 0 Å². The zero-order valence-corrected chi connectivity index (χ0v) is 27.6. The van der Waals surface area contributed by atoms with Crippen LogP contribution in [-0.4, -0.2) is 0 Å². The third kappa shape index (κ3) is 4.48. The molecule has 234 valence electrons. The van der Waals surface area contributed by atoms with Gasteiger partial charge in [-0.1, -0.05) is 158 Å². The average molecular weight is 638 g/mol. The van der Waals surface area contributed by atoms with Gasteiger partial charge in [-0.05, 0) is 108 Å². The van der Waals surface area contributed by atoms with Gasteiger partial charge in [0, 0.05) is 10.8 Å². The number of hydrogen-bond acceptors (Lipinski definition) is 1. The van der Waals surface area contributed by atoms with Crippen molar-refractivity contribution < 1.29 is 5.79 Å². The van der Waals surface area contributed by atoms with Gasteiger partial charge >= 0.3 is 0 Å². The third-order valence-corrected chi connectivity index (χ3v) is 10.3. The van der Waals surface area contributed by atoms with Crippen LogP contribution < -0.4 is 0 Å². The Morgan fingerprint density at radius 2 is 1.04 bits per heavy atom. The van der Waals surface area contributed by atoms with Crippen molar-refractivity contribution in [1.29, 1.82) is 0 Å². The largest absolute Gasteiger partial charge is 0.456 e. The first-order valence-corrected chi connectivity index (χ1v) is 17.2. The smallest absolute Gasteiger partial charge is 0.136 e. The number of furan rings is 1. The Hall–Kier alpha value is -6.44. The Morgan fingerprint density at radius 3 is 1.80 bits per heavy atom. The molecule has 1 heterocycles. The second-order valence-corrected chi connectivity index (χ2v) is 13.2. The highest BCUT2D eigenvalue weighted by Gasteiger charge is 2.21. The summed E-state index contributed by atoms with van der Waals surface area (Å²) in [6.45, 7) is 2.11. The monoisotopic (exact) mass is 637 g/mol. The number of hydrogen-bond donors (Lipinski definition) is 0. The second-order valence-electron chi connectivity index (χ2n) is 13.2. The van der Waals surface area contributed by atoms with Gasteiger partial charge < -0.3 is 4.42 Å². The van der Waals surface area contributed by atoms with Crippen molar-refractivity contribution in [1.82, 2.24) is 0 Å². The summed E-state index contributed by atoms with van der Waals surface area (Å²) in [6.07, 6.45) is 0. The quantitative estimate of drug-likeness (QED) is 0.175. The van der Waals surface area contributed by atoms with Gasteiger partial charge in [0.15, 0.2) is 0 Å². The lowest BCUT2D eigenvalue weighted by Gasteiger charge is -2.20. The first kappa shape index (κ1) is 27.5. The van der Waals surface area contributed by atoms with Crippen LogP contribution in [0.2, 0.25) is 0 Å². The van der Waals surface area contributed by atoms with E-state index in [9.17, 15) is 0 Å². The van der Waals surface area contributed by atoms with E-state index in [1.807, 2.05) is 18.2 Å². The van der Waals surface area contributed by atoms with Crippen molar-refractivity contribution in [3.05, 3.63) is 181 Å². The molecule has 0 saturated carbocycles. The summed E-state index contributed by atoms with van der Waals surface area (Å²) in [5.41, 5.74) is 12.6. The van der Waals surface area contributed by atoms with Crippen LogP contribution in [0.1, 0.15) is 6.93 Å². The summed E-state index contributed by atoms with van der Waals surface area (Å²) >= 11 is 0. The molecular weight excluding hydrogens is 605 g/mol. The molecule has 10 rings (SSSR count). The molecular formula is C49H32O. The molecule has 9 aromatic carbocycles. The Labute approximate surface area is 292 Å². The van der Waals surface area contributed by atoms with Crippen molar-refractivity contribution in [2.75, 3.05) is 0 Å². The molecule has 50 heavy (non-hydrogen) atoms. The summed E-state index contributed by atoms with van der Waals surface area (Å²) in [4.78, 5) is 0. The van der Waals surface area contributed by atoms with Gasteiger partial charge in [-0.25, -0.2) is 0 Å². The number of aryl methyl sites for hydroxylation is 1. The van der Waals surface area contributed by atoms with E-state index < -0.39 is 0 Å². The first-order chi connectivity index (χ1) is 25.1. The molecule has 10 aromatic rings. The summed E-state index contributed by atoms with van der Waals surface area (Å²) < 4.78 is 14.4. The van der Waals surface area contributed by atoms with E-state index in [2.05, 4.69) is 159 Å². The van der Waals surface area contributed by atoms with Crippen LogP contribution in [0.4, 0.5) is 0 Å². The minimum Gasteiger partial charge on any atom is -0.456 e. The lowest BCUT2D eigenvalue weighted by molar-refractivity contribution is 0.668. The van der Waals surface area contributed by atoms with Crippen molar-refractivity contribution in [3.63, 3.8) is 0 Å². The molecule has 0 aliphatic rings. The van der Waals surface area contributed by atoms with Crippen molar-refractivity contribution >= 4 is 54.3 Å². The molecule has 0 unspecified atom stereocenters. The Kier molecular flexibility index (Phi) is 6.23. The molecule has 1 heteroatoms. The van der Waals surface area contributed by atoms with Crippen LogP contribution in [0.15, 0.2) is 180 Å². The molecule has 0 bridgehead atoms. The Morgan fingerprint density at radius 1 is 0.400 bits per heavy atom. The maximum Gasteiger partial charge on any atom is 0.136 e. The number of rotatable bonds is 4. The second kappa shape index (κ2) is 11.3. The fourth-order valence-corrected chi connectivity index (χ4v) is 7.96. The van der Waals surface area contributed by atoms with Crippen molar-refractivity contribution in [3.8, 4) is 44.5 Å². The maximum atomic E-state index is 7.98. The lowest BCUT2D eigenvalue weighted by atomic mass is 9.83. The first-order valence-electron chi connectivity index (χ1n) is 17.7. The topological polar surface area (TPSA) is 13.1 Å². The fraction of sp³-hybridized carbons (Fsp3) is 0.0204. The standard InChI is InChI=1S/C49H32O/c1-31-21-28-44-46(29-31)50-45-20-10-19-39(49(44)45)37-13-4-5-14-38(37)48-42-17-8-6-15-40(42)47(41-16-7-9-18-43(41)48)34-25-22-33(23-26-34)36-27-24-32-11-2-3-12-35(32)30-36/h2-30H,1H3/i2D. The van der Waals surface area contributed by atoms with Crippen LogP contribution in [0.5, 0.6) is 0 Å². The van der Waals surface area contributed by atoms with E-state index in [4.69, 9.17) is 5.79 Å². The zero-order valence-electron chi connectivity index (χ0n) is 28.6. The highest BCUT2D eigenvalue weighted by atomic mass is 16.3. The normalized spacial score (nSPS) is 12.0. The predicted molar refractivity (Wildman–Crippen MR) is 213 cm³/mol. The van der Waals surface area contributed by atoms with E-state index >= 15 is 0 Å². The van der Waals surface area contributed by atoms with E-state index in [1.165, 1.54) is 71.6 Å². The molecule has 1 aromatic heterocycles. The molecule has 0 fully saturated rings. The Balaban J connectivity index is 1.18. The highest BCUT2D eigenvalue weighted by molar-refractivity contribution is 6.23. The molecule has 0 saturated heterocycles. The van der Waals surface area contributed by atoms with Gasteiger partial charge in [0.2, 0.25) is 0 Å².